The van der Waals surface area contributed by atoms with E-state index in [-0.39, 0.29) is 24.0 Å². The molecule has 0 saturated heterocycles. The first-order chi connectivity index (χ1) is 15.2. The Hall–Kier alpha value is -3.24. The van der Waals surface area contributed by atoms with Crippen LogP contribution in [0.15, 0.2) is 47.4 Å². The fraction of sp³-hybridized carbons (Fsp3) is 0.318. The van der Waals surface area contributed by atoms with E-state index in [1.165, 1.54) is 53.6 Å². The van der Waals surface area contributed by atoms with E-state index >= 15 is 0 Å². The molecule has 32 heavy (non-hydrogen) atoms. The van der Waals surface area contributed by atoms with E-state index in [9.17, 15) is 13.2 Å². The maximum absolute atomic E-state index is 12.1. The maximum Gasteiger partial charge on any atom is 0.244 e. The van der Waals surface area contributed by atoms with Crippen LogP contribution in [0.2, 0.25) is 0 Å². The molecule has 2 aromatic rings. The fourth-order valence-corrected chi connectivity index (χ4v) is 3.64. The second kappa shape index (κ2) is 11.4. The molecule has 0 bridgehead atoms. The first-order valence-electron chi connectivity index (χ1n) is 9.64. The predicted octanol–water partition coefficient (Wildman–Crippen LogP) is 2.17. The summed E-state index contributed by atoms with van der Waals surface area (Å²) in [5.41, 5.74) is 0.657. The van der Waals surface area contributed by atoms with Crippen molar-refractivity contribution in [2.75, 3.05) is 48.6 Å². The fourth-order valence-electron chi connectivity index (χ4n) is 2.74. The maximum atomic E-state index is 12.1. The topological polar surface area (TPSA) is 103 Å². The van der Waals surface area contributed by atoms with Crippen LogP contribution in [-0.4, -0.2) is 67.2 Å². The van der Waals surface area contributed by atoms with Crippen LogP contribution in [0.5, 0.6) is 23.0 Å². The zero-order valence-corrected chi connectivity index (χ0v) is 19.6. The van der Waals surface area contributed by atoms with E-state index in [1.54, 1.807) is 30.3 Å². The zero-order valence-electron chi connectivity index (χ0n) is 18.7. The number of carbonyl (C=O) groups is 1. The third-order valence-corrected chi connectivity index (χ3v) is 6.25. The number of ether oxygens (including phenoxy) is 4. The number of nitrogens with zero attached hydrogens (tertiary/aromatic N) is 1. The molecule has 0 saturated carbocycles. The van der Waals surface area contributed by atoms with Crippen molar-refractivity contribution in [3.63, 3.8) is 0 Å². The molecule has 1 N–H and O–H groups in total. The Morgan fingerprint density at radius 1 is 0.969 bits per heavy atom. The molecule has 0 aliphatic heterocycles. The lowest BCUT2D eigenvalue weighted by atomic mass is 10.1. The zero-order chi connectivity index (χ0) is 23.7. The van der Waals surface area contributed by atoms with Crippen molar-refractivity contribution in [1.82, 2.24) is 9.62 Å². The third-order valence-electron chi connectivity index (χ3n) is 4.42. The molecule has 0 aromatic heterocycles. The Morgan fingerprint density at radius 3 is 2.19 bits per heavy atom. The second-order valence-corrected chi connectivity index (χ2v) is 8.81. The average Bonchev–Trinajstić information content (AvgIpc) is 2.79. The molecule has 2 rings (SSSR count). The minimum Gasteiger partial charge on any atom is -0.493 e. The lowest BCUT2D eigenvalue weighted by molar-refractivity contribution is -0.116. The largest absolute Gasteiger partial charge is 0.493 e. The monoisotopic (exact) mass is 464 g/mol. The molecular formula is C22H28N2O7S. The summed E-state index contributed by atoms with van der Waals surface area (Å²) in [5, 5.41) is 2.71. The Labute approximate surface area is 188 Å². The van der Waals surface area contributed by atoms with Gasteiger partial charge in [-0.2, -0.15) is 0 Å². The van der Waals surface area contributed by atoms with Gasteiger partial charge in [0.2, 0.25) is 21.7 Å². The van der Waals surface area contributed by atoms with E-state index in [4.69, 9.17) is 18.9 Å². The SMILES string of the molecule is COc1ccc(/C=C/C(=O)NCCOc2ccc(S(=O)(=O)N(C)C)cc2)c(OC)c1OC. The van der Waals surface area contributed by atoms with E-state index in [0.29, 0.717) is 28.6 Å². The second-order valence-electron chi connectivity index (χ2n) is 6.66. The number of nitrogens with one attached hydrogen (secondary N) is 1. The van der Waals surface area contributed by atoms with Crippen molar-refractivity contribution in [2.24, 2.45) is 0 Å². The van der Waals surface area contributed by atoms with Crippen molar-refractivity contribution < 1.29 is 32.2 Å². The Morgan fingerprint density at radius 2 is 1.62 bits per heavy atom. The van der Waals surface area contributed by atoms with Gasteiger partial charge in [-0.25, -0.2) is 12.7 Å². The molecule has 9 nitrogen and oxygen atoms in total. The van der Waals surface area contributed by atoms with Crippen LogP contribution in [0.1, 0.15) is 5.56 Å². The van der Waals surface area contributed by atoms with E-state index in [1.807, 2.05) is 0 Å². The van der Waals surface area contributed by atoms with Gasteiger partial charge in [0.05, 0.1) is 32.8 Å². The molecular weight excluding hydrogens is 436 g/mol. The van der Waals surface area contributed by atoms with E-state index < -0.39 is 10.0 Å². The number of sulfonamides is 1. The van der Waals surface area contributed by atoms with Crippen molar-refractivity contribution in [1.29, 1.82) is 0 Å². The van der Waals surface area contributed by atoms with Gasteiger partial charge in [-0.1, -0.05) is 0 Å². The van der Waals surface area contributed by atoms with Crippen molar-refractivity contribution in [3.8, 4) is 23.0 Å². The van der Waals surface area contributed by atoms with Gasteiger partial charge in [-0.3, -0.25) is 4.79 Å². The van der Waals surface area contributed by atoms with Crippen LogP contribution in [0.25, 0.3) is 6.08 Å². The lowest BCUT2D eigenvalue weighted by Crippen LogP contribution is -2.26. The summed E-state index contributed by atoms with van der Waals surface area (Å²) in [5.74, 6) is 1.62. The molecule has 0 radical (unpaired) electrons. The molecule has 0 aliphatic rings. The van der Waals surface area contributed by atoms with E-state index in [0.717, 1.165) is 4.31 Å². The average molecular weight is 465 g/mol. The van der Waals surface area contributed by atoms with Gasteiger partial charge >= 0.3 is 0 Å². The van der Waals surface area contributed by atoms with Crippen LogP contribution in [0, 0.1) is 0 Å². The standard InChI is InChI=1S/C22H28N2O7S/c1-24(2)32(26,27)18-10-8-17(9-11-18)31-15-14-23-20(25)13-7-16-6-12-19(28-3)22(30-5)21(16)29-4/h6-13H,14-15H2,1-5H3,(H,23,25)/b13-7+. The van der Waals surface area contributed by atoms with Gasteiger partial charge in [0.25, 0.3) is 0 Å². The van der Waals surface area contributed by atoms with Crippen molar-refractivity contribution in [2.45, 2.75) is 4.90 Å². The van der Waals surface area contributed by atoms with Gasteiger partial charge < -0.3 is 24.3 Å². The number of hydrogen-bond acceptors (Lipinski definition) is 7. The number of amides is 1. The van der Waals surface area contributed by atoms with Gasteiger partial charge in [0.1, 0.15) is 12.4 Å². The van der Waals surface area contributed by atoms with Crippen LogP contribution >= 0.6 is 0 Å². The van der Waals surface area contributed by atoms with Crippen LogP contribution in [-0.2, 0) is 14.8 Å². The minimum absolute atomic E-state index is 0.180. The molecule has 0 spiro atoms. The summed E-state index contributed by atoms with van der Waals surface area (Å²) < 4.78 is 46.8. The highest BCUT2D eigenvalue weighted by atomic mass is 32.2. The van der Waals surface area contributed by atoms with Crippen molar-refractivity contribution >= 4 is 22.0 Å². The third kappa shape index (κ3) is 6.14. The Kier molecular flexibility index (Phi) is 8.91. The minimum atomic E-state index is -3.48. The smallest absolute Gasteiger partial charge is 0.244 e. The number of hydrogen-bond donors (Lipinski definition) is 1. The molecule has 0 fully saturated rings. The first-order valence-corrected chi connectivity index (χ1v) is 11.1. The molecule has 0 aliphatic carbocycles. The van der Waals surface area contributed by atoms with Gasteiger partial charge in [-0.05, 0) is 42.5 Å². The highest BCUT2D eigenvalue weighted by molar-refractivity contribution is 7.89. The normalized spacial score (nSPS) is 11.4. The molecule has 0 unspecified atom stereocenters. The number of benzene rings is 2. The summed E-state index contributed by atoms with van der Waals surface area (Å²) in [7, 11) is 4.00. The van der Waals surface area contributed by atoms with Crippen LogP contribution in [0.3, 0.4) is 0 Å². The highest BCUT2D eigenvalue weighted by Gasteiger charge is 2.17. The Bertz CT molecular complexity index is 1050. The molecule has 0 heterocycles. The molecule has 1 amide bonds. The first kappa shape index (κ1) is 25.0. The van der Waals surface area contributed by atoms with E-state index in [2.05, 4.69) is 5.32 Å². The summed E-state index contributed by atoms with van der Waals surface area (Å²) in [6, 6.07) is 9.57. The quantitative estimate of drug-likeness (QED) is 0.402. The van der Waals surface area contributed by atoms with Crippen LogP contribution in [0.4, 0.5) is 0 Å². The van der Waals surface area contributed by atoms with Gasteiger partial charge in [0, 0.05) is 25.7 Å². The van der Waals surface area contributed by atoms with Gasteiger partial charge in [-0.15, -0.1) is 0 Å². The summed E-state index contributed by atoms with van der Waals surface area (Å²) >= 11 is 0. The van der Waals surface area contributed by atoms with Crippen LogP contribution < -0.4 is 24.3 Å². The molecule has 174 valence electrons. The number of methoxy groups -OCH3 is 3. The molecule has 0 atom stereocenters. The highest BCUT2D eigenvalue weighted by Crippen LogP contribution is 2.40. The summed E-state index contributed by atoms with van der Waals surface area (Å²) in [4.78, 5) is 12.3. The van der Waals surface area contributed by atoms with Crippen molar-refractivity contribution in [3.05, 3.63) is 48.0 Å². The summed E-state index contributed by atoms with van der Waals surface area (Å²) in [6.45, 7) is 0.489. The molecule has 2 aromatic carbocycles. The molecule has 10 heteroatoms. The number of rotatable bonds is 11. The predicted molar refractivity (Wildman–Crippen MR) is 121 cm³/mol. The van der Waals surface area contributed by atoms with Gasteiger partial charge in [0.15, 0.2) is 11.5 Å². The Balaban J connectivity index is 1.89. The summed E-state index contributed by atoms with van der Waals surface area (Å²) in [6.07, 6.45) is 2.99. The lowest BCUT2D eigenvalue weighted by Gasteiger charge is -2.14. The number of carbonyl (C=O) groups excluding carboxylic acids is 1.